The monoisotopic (exact) mass is 350 g/mol. The first-order valence-electron chi connectivity index (χ1n) is 6.04. The van der Waals surface area contributed by atoms with Crippen LogP contribution in [0.5, 0.6) is 0 Å². The molecule has 3 aromatic rings. The fourth-order valence-electron chi connectivity index (χ4n) is 2.19. The Hall–Kier alpha value is -2.21. The summed E-state index contributed by atoms with van der Waals surface area (Å²) in [7, 11) is 0. The fourth-order valence-corrected chi connectivity index (χ4v) is 2.55. The van der Waals surface area contributed by atoms with E-state index in [0.717, 1.165) is 16.6 Å². The summed E-state index contributed by atoms with van der Waals surface area (Å²) in [5.41, 5.74) is 5.39. The first-order valence-corrected chi connectivity index (χ1v) is 6.83. The van der Waals surface area contributed by atoms with Gasteiger partial charge in [0.15, 0.2) is 5.82 Å². The van der Waals surface area contributed by atoms with Gasteiger partial charge >= 0.3 is 0 Å². The summed E-state index contributed by atoms with van der Waals surface area (Å²) in [6.07, 6.45) is 1.43. The van der Waals surface area contributed by atoms with Crippen LogP contribution in [0.3, 0.4) is 0 Å². The van der Waals surface area contributed by atoms with Crippen molar-refractivity contribution in [2.45, 2.75) is 0 Å². The number of carbonyl (C=O) groups is 1. The molecule has 0 fully saturated rings. The minimum Gasteiger partial charge on any atom is -0.396 e. The lowest BCUT2D eigenvalue weighted by molar-refractivity contribution is 0.103. The maximum absolute atomic E-state index is 14.0. The van der Waals surface area contributed by atoms with E-state index in [2.05, 4.69) is 20.9 Å². The lowest BCUT2D eigenvalue weighted by atomic mass is 10.0. The Labute approximate surface area is 126 Å². The van der Waals surface area contributed by atoms with Crippen molar-refractivity contribution in [2.24, 2.45) is 0 Å². The van der Waals surface area contributed by atoms with Gasteiger partial charge in [-0.3, -0.25) is 4.79 Å². The first-order chi connectivity index (χ1) is 9.99. The number of nitrogens with two attached hydrogens (primary N) is 1. The van der Waals surface area contributed by atoms with Gasteiger partial charge < -0.3 is 10.7 Å². The third-order valence-electron chi connectivity index (χ3n) is 3.24. The number of rotatable bonds is 2. The van der Waals surface area contributed by atoms with Crippen molar-refractivity contribution in [2.75, 3.05) is 5.73 Å². The first kappa shape index (κ1) is 13.8. The normalized spacial score (nSPS) is 11.0. The van der Waals surface area contributed by atoms with E-state index in [1.807, 2.05) is 0 Å². The zero-order valence-corrected chi connectivity index (χ0v) is 12.2. The number of H-pyrrole nitrogens is 1. The SMILES string of the molecule is Nc1ccc(F)c(C(=O)c2c[nH]c3ccc(Br)cc23)c1F. The predicted octanol–water partition coefficient (Wildman–Crippen LogP) is 4.02. The number of halogens is 3. The number of carbonyl (C=O) groups excluding carboxylic acids is 1. The molecule has 3 N–H and O–H groups in total. The van der Waals surface area contributed by atoms with Crippen molar-refractivity contribution < 1.29 is 13.6 Å². The zero-order chi connectivity index (χ0) is 15.1. The highest BCUT2D eigenvalue weighted by Crippen LogP contribution is 2.27. The number of nitrogen functional groups attached to an aromatic ring is 1. The highest BCUT2D eigenvalue weighted by molar-refractivity contribution is 9.10. The quantitative estimate of drug-likeness (QED) is 0.541. The second-order valence-electron chi connectivity index (χ2n) is 4.55. The second kappa shape index (κ2) is 4.96. The largest absolute Gasteiger partial charge is 0.396 e. The van der Waals surface area contributed by atoms with Crippen LogP contribution < -0.4 is 5.73 Å². The van der Waals surface area contributed by atoms with Crippen LogP contribution >= 0.6 is 15.9 Å². The molecule has 3 rings (SSSR count). The molecular weight excluding hydrogens is 342 g/mol. The zero-order valence-electron chi connectivity index (χ0n) is 10.6. The van der Waals surface area contributed by atoms with Crippen LogP contribution in [0.25, 0.3) is 10.9 Å². The standard InChI is InChI=1S/C15H9BrF2N2O/c16-7-1-4-12-8(5-7)9(6-20-12)15(21)13-10(17)2-3-11(19)14(13)18/h1-6,20H,19H2. The van der Waals surface area contributed by atoms with Crippen molar-refractivity contribution >= 4 is 38.3 Å². The molecule has 0 saturated heterocycles. The van der Waals surface area contributed by atoms with Gasteiger partial charge in [0.1, 0.15) is 5.82 Å². The second-order valence-corrected chi connectivity index (χ2v) is 5.46. The van der Waals surface area contributed by atoms with Gasteiger partial charge in [-0.05, 0) is 30.3 Å². The van der Waals surface area contributed by atoms with Crippen LogP contribution in [0.4, 0.5) is 14.5 Å². The molecule has 6 heteroatoms. The van der Waals surface area contributed by atoms with E-state index in [4.69, 9.17) is 5.73 Å². The Bertz CT molecular complexity index is 873. The van der Waals surface area contributed by atoms with Crippen LogP contribution in [0, 0.1) is 11.6 Å². The van der Waals surface area contributed by atoms with E-state index in [9.17, 15) is 13.6 Å². The molecule has 106 valence electrons. The number of hydrogen-bond acceptors (Lipinski definition) is 2. The van der Waals surface area contributed by atoms with Gasteiger partial charge in [-0.25, -0.2) is 8.78 Å². The molecule has 0 spiro atoms. The van der Waals surface area contributed by atoms with Crippen LogP contribution in [0.15, 0.2) is 41.0 Å². The van der Waals surface area contributed by atoms with Gasteiger partial charge in [-0.15, -0.1) is 0 Å². The van der Waals surface area contributed by atoms with Crippen LogP contribution in [-0.2, 0) is 0 Å². The molecule has 0 aliphatic carbocycles. The Morgan fingerprint density at radius 3 is 2.71 bits per heavy atom. The third-order valence-corrected chi connectivity index (χ3v) is 3.73. The smallest absolute Gasteiger partial charge is 0.201 e. The molecular formula is C15H9BrF2N2O. The molecule has 0 aliphatic rings. The number of aromatic amines is 1. The Morgan fingerprint density at radius 1 is 1.19 bits per heavy atom. The molecule has 0 unspecified atom stereocenters. The van der Waals surface area contributed by atoms with Crippen molar-refractivity contribution in [3.63, 3.8) is 0 Å². The molecule has 1 heterocycles. The summed E-state index contributed by atoms with van der Waals surface area (Å²) in [5.74, 6) is -2.72. The topological polar surface area (TPSA) is 58.9 Å². The number of fused-ring (bicyclic) bond motifs is 1. The van der Waals surface area contributed by atoms with E-state index in [1.54, 1.807) is 18.2 Å². The third kappa shape index (κ3) is 2.21. The summed E-state index contributed by atoms with van der Waals surface area (Å²) in [6, 6.07) is 7.35. The minimum absolute atomic E-state index is 0.190. The Balaban J connectivity index is 2.22. The van der Waals surface area contributed by atoms with E-state index in [1.165, 1.54) is 6.20 Å². The van der Waals surface area contributed by atoms with Crippen LogP contribution in [0.2, 0.25) is 0 Å². The van der Waals surface area contributed by atoms with Gasteiger partial charge in [0, 0.05) is 27.1 Å². The lowest BCUT2D eigenvalue weighted by Crippen LogP contribution is -2.09. The van der Waals surface area contributed by atoms with Crippen LogP contribution in [0.1, 0.15) is 15.9 Å². The number of anilines is 1. The Kier molecular flexibility index (Phi) is 3.25. The van der Waals surface area contributed by atoms with E-state index in [0.29, 0.717) is 10.9 Å². The molecule has 0 aliphatic heterocycles. The number of ketones is 1. The average Bonchev–Trinajstić information content (AvgIpc) is 2.86. The molecule has 0 atom stereocenters. The minimum atomic E-state index is -1.04. The van der Waals surface area contributed by atoms with Crippen LogP contribution in [-0.4, -0.2) is 10.8 Å². The number of nitrogens with one attached hydrogen (secondary N) is 1. The van der Waals surface area contributed by atoms with Crippen molar-refractivity contribution in [1.29, 1.82) is 0 Å². The molecule has 21 heavy (non-hydrogen) atoms. The van der Waals surface area contributed by atoms with Gasteiger partial charge in [-0.1, -0.05) is 15.9 Å². The molecule has 0 saturated carbocycles. The van der Waals surface area contributed by atoms with E-state index in [-0.39, 0.29) is 11.3 Å². The number of hydrogen-bond donors (Lipinski definition) is 2. The van der Waals surface area contributed by atoms with Crippen molar-refractivity contribution in [3.05, 3.63) is 63.8 Å². The fraction of sp³-hybridized carbons (Fsp3) is 0. The number of aromatic nitrogens is 1. The molecule has 2 aromatic carbocycles. The molecule has 0 amide bonds. The summed E-state index contributed by atoms with van der Waals surface area (Å²) in [5, 5.41) is 0.579. The molecule has 3 nitrogen and oxygen atoms in total. The molecule has 0 bridgehead atoms. The molecule has 0 radical (unpaired) electrons. The maximum Gasteiger partial charge on any atom is 0.201 e. The van der Waals surface area contributed by atoms with Gasteiger partial charge in [0.2, 0.25) is 5.78 Å². The summed E-state index contributed by atoms with van der Waals surface area (Å²) in [6.45, 7) is 0. The summed E-state index contributed by atoms with van der Waals surface area (Å²) in [4.78, 5) is 15.4. The highest BCUT2D eigenvalue weighted by Gasteiger charge is 2.23. The van der Waals surface area contributed by atoms with Gasteiger partial charge in [0.25, 0.3) is 0 Å². The van der Waals surface area contributed by atoms with E-state index >= 15 is 0 Å². The summed E-state index contributed by atoms with van der Waals surface area (Å²) < 4.78 is 28.6. The highest BCUT2D eigenvalue weighted by atomic mass is 79.9. The van der Waals surface area contributed by atoms with E-state index < -0.39 is 23.0 Å². The van der Waals surface area contributed by atoms with Crippen molar-refractivity contribution in [1.82, 2.24) is 4.98 Å². The Morgan fingerprint density at radius 2 is 1.95 bits per heavy atom. The average molecular weight is 351 g/mol. The van der Waals surface area contributed by atoms with Crippen molar-refractivity contribution in [3.8, 4) is 0 Å². The molecule has 1 aromatic heterocycles. The lowest BCUT2D eigenvalue weighted by Gasteiger charge is -2.05. The number of benzene rings is 2. The predicted molar refractivity (Wildman–Crippen MR) is 80.2 cm³/mol. The van der Waals surface area contributed by atoms with Gasteiger partial charge in [0.05, 0.1) is 11.3 Å². The maximum atomic E-state index is 14.0. The van der Waals surface area contributed by atoms with Gasteiger partial charge in [-0.2, -0.15) is 0 Å². The summed E-state index contributed by atoms with van der Waals surface area (Å²) >= 11 is 3.30.